The minimum atomic E-state index is -0.357. The number of hydrogen-bond donors (Lipinski definition) is 2. The normalized spacial score (nSPS) is 37.1. The molecule has 0 aliphatic heterocycles. The molecule has 2 fully saturated rings. The van der Waals surface area contributed by atoms with Crippen LogP contribution in [0, 0.1) is 5.41 Å². The molecule has 1 amide bonds. The summed E-state index contributed by atoms with van der Waals surface area (Å²) in [4.78, 5) is 12.4. The van der Waals surface area contributed by atoms with Crippen molar-refractivity contribution in [1.29, 1.82) is 0 Å². The molecule has 1 aromatic carbocycles. The number of amides is 1. The molecule has 102 valence electrons. The maximum Gasteiger partial charge on any atom is 0.227 e. The minimum absolute atomic E-state index is 0.0152. The Morgan fingerprint density at radius 2 is 2.11 bits per heavy atom. The van der Waals surface area contributed by atoms with Crippen LogP contribution in [-0.2, 0) is 4.79 Å². The van der Waals surface area contributed by atoms with Crippen LogP contribution < -0.4 is 11.1 Å². The second-order valence-corrected chi connectivity index (χ2v) is 6.25. The molecule has 3 nitrogen and oxygen atoms in total. The van der Waals surface area contributed by atoms with Crippen molar-refractivity contribution >= 4 is 5.91 Å². The van der Waals surface area contributed by atoms with E-state index < -0.39 is 0 Å². The summed E-state index contributed by atoms with van der Waals surface area (Å²) in [5, 5.41) is 3.20. The Kier molecular flexibility index (Phi) is 3.09. The predicted octanol–water partition coefficient (Wildman–Crippen LogP) is 2.18. The molecule has 0 saturated heterocycles. The van der Waals surface area contributed by atoms with Gasteiger partial charge in [-0.3, -0.25) is 4.79 Å². The number of rotatable bonds is 3. The van der Waals surface area contributed by atoms with Crippen LogP contribution in [0.15, 0.2) is 30.3 Å². The highest BCUT2D eigenvalue weighted by Crippen LogP contribution is 2.43. The first kappa shape index (κ1) is 12.7. The van der Waals surface area contributed by atoms with E-state index >= 15 is 0 Å². The van der Waals surface area contributed by atoms with Crippen LogP contribution in [-0.4, -0.2) is 18.0 Å². The molecule has 2 saturated carbocycles. The summed E-state index contributed by atoms with van der Waals surface area (Å²) < 4.78 is 0. The first-order valence-electron chi connectivity index (χ1n) is 7.23. The molecule has 3 heteroatoms. The van der Waals surface area contributed by atoms with E-state index in [9.17, 15) is 4.79 Å². The number of carbonyl (C=O) groups excluding carboxylic acids is 1. The molecular weight excluding hydrogens is 236 g/mol. The SMILES string of the molecule is CC1(C(=O)NC2CC2c2ccccc2)CCCC1N. The molecule has 0 bridgehead atoms. The van der Waals surface area contributed by atoms with E-state index in [0.717, 1.165) is 25.7 Å². The highest BCUT2D eigenvalue weighted by molar-refractivity contribution is 5.84. The van der Waals surface area contributed by atoms with Gasteiger partial charge in [-0.1, -0.05) is 36.8 Å². The van der Waals surface area contributed by atoms with Gasteiger partial charge >= 0.3 is 0 Å². The lowest BCUT2D eigenvalue weighted by atomic mass is 9.84. The second kappa shape index (κ2) is 4.64. The Morgan fingerprint density at radius 3 is 2.74 bits per heavy atom. The molecule has 3 N–H and O–H groups in total. The third-order valence-electron chi connectivity index (χ3n) is 4.88. The van der Waals surface area contributed by atoms with E-state index in [2.05, 4.69) is 29.6 Å². The summed E-state index contributed by atoms with van der Waals surface area (Å²) >= 11 is 0. The molecule has 1 aromatic rings. The molecule has 4 unspecified atom stereocenters. The average molecular weight is 258 g/mol. The van der Waals surface area contributed by atoms with E-state index in [0.29, 0.717) is 12.0 Å². The zero-order valence-corrected chi connectivity index (χ0v) is 11.4. The third-order valence-corrected chi connectivity index (χ3v) is 4.88. The van der Waals surface area contributed by atoms with Gasteiger partial charge in [0.05, 0.1) is 5.41 Å². The quantitative estimate of drug-likeness (QED) is 0.873. The van der Waals surface area contributed by atoms with Gasteiger partial charge < -0.3 is 11.1 Å². The summed E-state index contributed by atoms with van der Waals surface area (Å²) in [6, 6.07) is 10.7. The molecule has 0 heterocycles. The summed E-state index contributed by atoms with van der Waals surface area (Å²) in [6.45, 7) is 2.01. The highest BCUT2D eigenvalue weighted by atomic mass is 16.2. The van der Waals surface area contributed by atoms with Crippen LogP contribution in [0.3, 0.4) is 0 Å². The lowest BCUT2D eigenvalue weighted by Gasteiger charge is -2.27. The van der Waals surface area contributed by atoms with Gasteiger partial charge in [0.25, 0.3) is 0 Å². The predicted molar refractivity (Wildman–Crippen MR) is 75.7 cm³/mol. The van der Waals surface area contributed by atoms with Crippen molar-refractivity contribution in [2.75, 3.05) is 0 Å². The lowest BCUT2D eigenvalue weighted by Crippen LogP contribution is -2.48. The zero-order chi connectivity index (χ0) is 13.5. The van der Waals surface area contributed by atoms with Gasteiger partial charge in [-0.25, -0.2) is 0 Å². The molecule has 2 aliphatic rings. The molecular formula is C16H22N2O. The molecule has 0 aromatic heterocycles. The summed E-state index contributed by atoms with van der Waals surface area (Å²) in [7, 11) is 0. The molecule has 19 heavy (non-hydrogen) atoms. The Bertz CT molecular complexity index is 473. The third kappa shape index (κ3) is 2.27. The summed E-state index contributed by atoms with van der Waals surface area (Å²) in [5.41, 5.74) is 7.07. The van der Waals surface area contributed by atoms with E-state index in [1.54, 1.807) is 0 Å². The Morgan fingerprint density at radius 1 is 1.37 bits per heavy atom. The van der Waals surface area contributed by atoms with E-state index in [1.165, 1.54) is 5.56 Å². The van der Waals surface area contributed by atoms with Gasteiger partial charge in [0.2, 0.25) is 5.91 Å². The van der Waals surface area contributed by atoms with E-state index in [4.69, 9.17) is 5.73 Å². The van der Waals surface area contributed by atoms with Gasteiger partial charge in [0.15, 0.2) is 0 Å². The van der Waals surface area contributed by atoms with Crippen molar-refractivity contribution in [2.24, 2.45) is 11.1 Å². The van der Waals surface area contributed by atoms with Gasteiger partial charge in [-0.2, -0.15) is 0 Å². The zero-order valence-electron chi connectivity index (χ0n) is 11.4. The fraction of sp³-hybridized carbons (Fsp3) is 0.562. The molecule has 3 rings (SSSR count). The largest absolute Gasteiger partial charge is 0.352 e. The summed E-state index contributed by atoms with van der Waals surface area (Å²) in [5.74, 6) is 0.646. The number of nitrogens with one attached hydrogen (secondary N) is 1. The Balaban J connectivity index is 1.61. The van der Waals surface area contributed by atoms with Crippen LogP contribution >= 0.6 is 0 Å². The molecule has 0 spiro atoms. The van der Waals surface area contributed by atoms with Gasteiger partial charge in [0, 0.05) is 18.0 Å². The Hall–Kier alpha value is -1.35. The van der Waals surface area contributed by atoms with E-state index in [1.807, 2.05) is 13.0 Å². The molecule has 2 aliphatic carbocycles. The van der Waals surface area contributed by atoms with Crippen LogP contribution in [0.4, 0.5) is 0 Å². The van der Waals surface area contributed by atoms with Crippen molar-refractivity contribution in [3.05, 3.63) is 35.9 Å². The van der Waals surface area contributed by atoms with Gasteiger partial charge in [0.1, 0.15) is 0 Å². The first-order chi connectivity index (χ1) is 9.11. The number of nitrogens with two attached hydrogens (primary N) is 1. The monoisotopic (exact) mass is 258 g/mol. The van der Waals surface area contributed by atoms with Crippen LogP contribution in [0.2, 0.25) is 0 Å². The lowest BCUT2D eigenvalue weighted by molar-refractivity contribution is -0.130. The van der Waals surface area contributed by atoms with Gasteiger partial charge in [-0.05, 0) is 31.7 Å². The van der Waals surface area contributed by atoms with E-state index in [-0.39, 0.29) is 17.4 Å². The van der Waals surface area contributed by atoms with Crippen LogP contribution in [0.1, 0.15) is 44.1 Å². The summed E-state index contributed by atoms with van der Waals surface area (Å²) in [6.07, 6.45) is 4.01. The number of hydrogen-bond acceptors (Lipinski definition) is 2. The van der Waals surface area contributed by atoms with Crippen molar-refractivity contribution in [3.63, 3.8) is 0 Å². The highest BCUT2D eigenvalue weighted by Gasteiger charge is 2.47. The van der Waals surface area contributed by atoms with Gasteiger partial charge in [-0.15, -0.1) is 0 Å². The maximum absolute atomic E-state index is 12.4. The minimum Gasteiger partial charge on any atom is -0.352 e. The molecule has 0 radical (unpaired) electrons. The topological polar surface area (TPSA) is 55.1 Å². The number of carbonyl (C=O) groups is 1. The van der Waals surface area contributed by atoms with Crippen molar-refractivity contribution < 1.29 is 4.79 Å². The van der Waals surface area contributed by atoms with Crippen LogP contribution in [0.5, 0.6) is 0 Å². The molecule has 4 atom stereocenters. The first-order valence-corrected chi connectivity index (χ1v) is 7.23. The number of benzene rings is 1. The second-order valence-electron chi connectivity index (χ2n) is 6.25. The Labute approximate surface area is 114 Å². The maximum atomic E-state index is 12.4. The van der Waals surface area contributed by atoms with Crippen molar-refractivity contribution in [1.82, 2.24) is 5.32 Å². The van der Waals surface area contributed by atoms with Crippen LogP contribution in [0.25, 0.3) is 0 Å². The average Bonchev–Trinajstić information content (AvgIpc) is 3.10. The smallest absolute Gasteiger partial charge is 0.227 e. The fourth-order valence-electron chi connectivity index (χ4n) is 3.23. The van der Waals surface area contributed by atoms with Crippen molar-refractivity contribution in [3.8, 4) is 0 Å². The fourth-order valence-corrected chi connectivity index (χ4v) is 3.23. The standard InChI is InChI=1S/C16H22N2O/c1-16(9-5-8-14(16)17)15(19)18-13-10-12(13)11-6-3-2-4-7-11/h2-4,6-7,12-14H,5,8-10,17H2,1H3,(H,18,19). The van der Waals surface area contributed by atoms with Crippen molar-refractivity contribution in [2.45, 2.75) is 50.6 Å².